The first-order valence-corrected chi connectivity index (χ1v) is 4.90. The standard InChI is InChI=1S/C10H11F3N2O2/c1-2-14(10(11,12)13)7-8-5-3-4-6-9(8)15(16)17/h3-6H,2,7H2,1H3. The number of nitro benzene ring substituents is 1. The van der Waals surface area contributed by atoms with Crippen LogP contribution in [-0.4, -0.2) is 22.7 Å². The van der Waals surface area contributed by atoms with Crippen molar-refractivity contribution in [2.45, 2.75) is 19.8 Å². The fourth-order valence-corrected chi connectivity index (χ4v) is 1.41. The maximum Gasteiger partial charge on any atom is 0.460 e. The van der Waals surface area contributed by atoms with Gasteiger partial charge in [0.15, 0.2) is 0 Å². The fourth-order valence-electron chi connectivity index (χ4n) is 1.41. The molecule has 0 N–H and O–H groups in total. The van der Waals surface area contributed by atoms with Gasteiger partial charge < -0.3 is 0 Å². The summed E-state index contributed by atoms with van der Waals surface area (Å²) in [4.78, 5) is 10.2. The van der Waals surface area contributed by atoms with Crippen molar-refractivity contribution >= 4 is 5.69 Å². The molecule has 0 radical (unpaired) electrons. The molecule has 0 fully saturated rings. The van der Waals surface area contributed by atoms with E-state index in [1.807, 2.05) is 0 Å². The van der Waals surface area contributed by atoms with E-state index in [0.717, 1.165) is 0 Å². The molecule has 0 aromatic heterocycles. The molecule has 94 valence electrons. The molecule has 0 saturated carbocycles. The molecule has 0 aliphatic rings. The van der Waals surface area contributed by atoms with Gasteiger partial charge in [0.05, 0.1) is 4.92 Å². The van der Waals surface area contributed by atoms with E-state index in [9.17, 15) is 23.3 Å². The molecule has 0 heterocycles. The molecule has 0 saturated heterocycles. The minimum atomic E-state index is -4.49. The van der Waals surface area contributed by atoms with Crippen molar-refractivity contribution in [1.29, 1.82) is 0 Å². The molecule has 4 nitrogen and oxygen atoms in total. The van der Waals surface area contributed by atoms with Crippen molar-refractivity contribution in [3.8, 4) is 0 Å². The molecule has 7 heteroatoms. The maximum atomic E-state index is 12.5. The number of alkyl halides is 3. The molecule has 0 aliphatic heterocycles. The van der Waals surface area contributed by atoms with Crippen LogP contribution in [-0.2, 0) is 6.54 Å². The highest BCUT2D eigenvalue weighted by Gasteiger charge is 2.36. The average Bonchev–Trinajstić information content (AvgIpc) is 2.24. The first-order valence-electron chi connectivity index (χ1n) is 4.90. The third-order valence-electron chi connectivity index (χ3n) is 2.29. The van der Waals surface area contributed by atoms with Crippen LogP contribution in [0.15, 0.2) is 24.3 Å². The van der Waals surface area contributed by atoms with Crippen LogP contribution in [0.3, 0.4) is 0 Å². The van der Waals surface area contributed by atoms with Crippen LogP contribution in [0.25, 0.3) is 0 Å². The Morgan fingerprint density at radius 3 is 2.41 bits per heavy atom. The topological polar surface area (TPSA) is 46.4 Å². The molecule has 0 aliphatic carbocycles. The zero-order valence-electron chi connectivity index (χ0n) is 9.07. The van der Waals surface area contributed by atoms with Gasteiger partial charge in [-0.15, -0.1) is 0 Å². The lowest BCUT2D eigenvalue weighted by Crippen LogP contribution is -2.37. The normalized spacial score (nSPS) is 11.8. The SMILES string of the molecule is CCN(Cc1ccccc1[N+](=O)[O-])C(F)(F)F. The van der Waals surface area contributed by atoms with E-state index in [2.05, 4.69) is 0 Å². The molecule has 0 unspecified atom stereocenters. The van der Waals surface area contributed by atoms with E-state index < -0.39 is 17.8 Å². The smallest absolute Gasteiger partial charge is 0.258 e. The van der Waals surface area contributed by atoms with Gasteiger partial charge in [0.25, 0.3) is 5.69 Å². The summed E-state index contributed by atoms with van der Waals surface area (Å²) < 4.78 is 37.5. The van der Waals surface area contributed by atoms with Gasteiger partial charge in [-0.2, -0.15) is 13.2 Å². The van der Waals surface area contributed by atoms with Gasteiger partial charge in [-0.1, -0.05) is 25.1 Å². The second kappa shape index (κ2) is 5.13. The van der Waals surface area contributed by atoms with Crippen LogP contribution in [0, 0.1) is 10.1 Å². The van der Waals surface area contributed by atoms with Crippen molar-refractivity contribution in [2.75, 3.05) is 6.54 Å². The highest BCUT2D eigenvalue weighted by atomic mass is 19.4. The number of hydrogen-bond donors (Lipinski definition) is 0. The number of benzene rings is 1. The third kappa shape index (κ3) is 3.42. The van der Waals surface area contributed by atoms with Crippen LogP contribution < -0.4 is 0 Å². The predicted molar refractivity (Wildman–Crippen MR) is 55.2 cm³/mol. The lowest BCUT2D eigenvalue weighted by Gasteiger charge is -2.22. The number of nitro groups is 1. The quantitative estimate of drug-likeness (QED) is 0.467. The molecule has 1 rings (SSSR count). The first-order chi connectivity index (χ1) is 7.86. The molecule has 1 aromatic rings. The monoisotopic (exact) mass is 248 g/mol. The van der Waals surface area contributed by atoms with Crippen LogP contribution >= 0.6 is 0 Å². The average molecular weight is 248 g/mol. The summed E-state index contributed by atoms with van der Waals surface area (Å²) in [5, 5.41) is 10.6. The minimum absolute atomic E-state index is 0.0525. The van der Waals surface area contributed by atoms with Gasteiger partial charge >= 0.3 is 6.30 Å². The Morgan fingerprint density at radius 1 is 1.35 bits per heavy atom. The van der Waals surface area contributed by atoms with Gasteiger partial charge in [0.1, 0.15) is 0 Å². The summed E-state index contributed by atoms with van der Waals surface area (Å²) >= 11 is 0. The molecule has 0 spiro atoms. The number of para-hydroxylation sites is 1. The Balaban J connectivity index is 2.98. The Morgan fingerprint density at radius 2 is 1.94 bits per heavy atom. The molecule has 17 heavy (non-hydrogen) atoms. The third-order valence-corrected chi connectivity index (χ3v) is 2.29. The van der Waals surface area contributed by atoms with E-state index in [-0.39, 0.29) is 22.7 Å². The largest absolute Gasteiger partial charge is 0.460 e. The number of rotatable bonds is 4. The summed E-state index contributed by atoms with van der Waals surface area (Å²) in [6, 6.07) is 5.42. The summed E-state index contributed by atoms with van der Waals surface area (Å²) in [7, 11) is 0. The highest BCUT2D eigenvalue weighted by molar-refractivity contribution is 5.39. The van der Waals surface area contributed by atoms with Crippen molar-refractivity contribution in [1.82, 2.24) is 4.90 Å². The van der Waals surface area contributed by atoms with Crippen LogP contribution in [0.4, 0.5) is 18.9 Å². The molecule has 0 atom stereocenters. The summed E-state index contributed by atoms with van der Waals surface area (Å²) in [6.45, 7) is 0.578. The fraction of sp³-hybridized carbons (Fsp3) is 0.400. The second-order valence-corrected chi connectivity index (χ2v) is 3.37. The lowest BCUT2D eigenvalue weighted by molar-refractivity contribution is -0.386. The molecule has 0 amide bonds. The second-order valence-electron chi connectivity index (χ2n) is 3.37. The maximum absolute atomic E-state index is 12.5. The minimum Gasteiger partial charge on any atom is -0.258 e. The van der Waals surface area contributed by atoms with Gasteiger partial charge in [-0.05, 0) is 0 Å². The molecule has 1 aromatic carbocycles. The number of hydrogen-bond acceptors (Lipinski definition) is 3. The summed E-state index contributed by atoms with van der Waals surface area (Å²) in [5.41, 5.74) is -0.244. The first kappa shape index (κ1) is 13.4. The van der Waals surface area contributed by atoms with Gasteiger partial charge in [-0.3, -0.25) is 10.1 Å². The van der Waals surface area contributed by atoms with E-state index in [0.29, 0.717) is 0 Å². The predicted octanol–water partition coefficient (Wildman–Crippen LogP) is 2.94. The molecule has 0 bridgehead atoms. The Bertz CT molecular complexity index is 407. The van der Waals surface area contributed by atoms with Crippen molar-refractivity contribution in [3.63, 3.8) is 0 Å². The van der Waals surface area contributed by atoms with Crippen LogP contribution in [0.2, 0.25) is 0 Å². The van der Waals surface area contributed by atoms with Gasteiger partial charge in [0.2, 0.25) is 0 Å². The van der Waals surface area contributed by atoms with Crippen molar-refractivity contribution < 1.29 is 18.1 Å². The molecular formula is C10H11F3N2O2. The number of nitrogens with zero attached hydrogens (tertiary/aromatic N) is 2. The summed E-state index contributed by atoms with van der Waals surface area (Å²) in [5.74, 6) is 0. The summed E-state index contributed by atoms with van der Waals surface area (Å²) in [6.07, 6.45) is -4.49. The van der Waals surface area contributed by atoms with Gasteiger partial charge in [0, 0.05) is 24.7 Å². The van der Waals surface area contributed by atoms with Crippen LogP contribution in [0.5, 0.6) is 0 Å². The number of halogens is 3. The van der Waals surface area contributed by atoms with E-state index in [1.54, 1.807) is 0 Å². The van der Waals surface area contributed by atoms with E-state index in [1.165, 1.54) is 31.2 Å². The van der Waals surface area contributed by atoms with E-state index >= 15 is 0 Å². The van der Waals surface area contributed by atoms with E-state index in [4.69, 9.17) is 0 Å². The van der Waals surface area contributed by atoms with Gasteiger partial charge in [-0.25, -0.2) is 4.90 Å². The Labute approximate surface area is 95.8 Å². The highest BCUT2D eigenvalue weighted by Crippen LogP contribution is 2.26. The zero-order chi connectivity index (χ0) is 13.1. The Hall–Kier alpha value is -1.63. The zero-order valence-corrected chi connectivity index (χ0v) is 9.07. The lowest BCUT2D eigenvalue weighted by atomic mass is 10.1. The Kier molecular flexibility index (Phi) is 4.06. The van der Waals surface area contributed by atoms with Crippen LogP contribution in [0.1, 0.15) is 12.5 Å². The van der Waals surface area contributed by atoms with Crippen molar-refractivity contribution in [3.05, 3.63) is 39.9 Å². The molecular weight excluding hydrogens is 237 g/mol. The van der Waals surface area contributed by atoms with Crippen molar-refractivity contribution in [2.24, 2.45) is 0 Å².